The van der Waals surface area contributed by atoms with Crippen molar-refractivity contribution >= 4 is 27.3 Å². The van der Waals surface area contributed by atoms with Crippen LogP contribution in [0.1, 0.15) is 47.8 Å². The van der Waals surface area contributed by atoms with Crippen molar-refractivity contribution < 1.29 is 4.79 Å². The molecule has 3 aliphatic heterocycles. The van der Waals surface area contributed by atoms with Gasteiger partial charge in [-0.15, -0.1) is 11.3 Å². The SMILES string of the molecule is CCN(C(=O)c1cc2cc(C)ccc2s1)C1C2CCN(CC2)C12CC2. The van der Waals surface area contributed by atoms with E-state index in [9.17, 15) is 4.79 Å². The van der Waals surface area contributed by atoms with Crippen LogP contribution in [0.4, 0.5) is 0 Å². The third-order valence-corrected chi connectivity index (χ3v) is 7.85. The van der Waals surface area contributed by atoms with E-state index in [-0.39, 0.29) is 5.91 Å². The van der Waals surface area contributed by atoms with E-state index in [1.165, 1.54) is 54.4 Å². The van der Waals surface area contributed by atoms with Crippen molar-refractivity contribution in [1.29, 1.82) is 0 Å². The summed E-state index contributed by atoms with van der Waals surface area (Å²) in [4.78, 5) is 19.3. The van der Waals surface area contributed by atoms with Gasteiger partial charge in [0.1, 0.15) is 0 Å². The number of hydrogen-bond donors (Lipinski definition) is 0. The predicted octanol–water partition coefficient (Wildman–Crippen LogP) is 4.30. The highest BCUT2D eigenvalue weighted by molar-refractivity contribution is 7.20. The molecule has 4 aliphatic rings. The van der Waals surface area contributed by atoms with E-state index in [4.69, 9.17) is 0 Å². The van der Waals surface area contributed by atoms with Gasteiger partial charge in [-0.1, -0.05) is 17.7 Å². The number of amides is 1. The molecular weight excluding hydrogens is 328 g/mol. The molecule has 1 atom stereocenters. The van der Waals surface area contributed by atoms with Crippen molar-refractivity contribution in [2.24, 2.45) is 5.92 Å². The average molecular weight is 355 g/mol. The molecule has 2 aromatic rings. The highest BCUT2D eigenvalue weighted by Gasteiger charge is 2.62. The van der Waals surface area contributed by atoms with Gasteiger partial charge in [-0.3, -0.25) is 9.69 Å². The van der Waals surface area contributed by atoms with Crippen molar-refractivity contribution in [2.45, 2.75) is 51.1 Å². The van der Waals surface area contributed by atoms with E-state index in [0.717, 1.165) is 11.4 Å². The van der Waals surface area contributed by atoms with Gasteiger partial charge in [-0.2, -0.15) is 0 Å². The minimum absolute atomic E-state index is 0.256. The number of piperidine rings is 3. The summed E-state index contributed by atoms with van der Waals surface area (Å²) in [5.41, 5.74) is 1.58. The Morgan fingerprint density at radius 1 is 1.28 bits per heavy atom. The van der Waals surface area contributed by atoms with E-state index in [1.807, 2.05) is 0 Å². The molecular formula is C21H26N2OS. The summed E-state index contributed by atoms with van der Waals surface area (Å²) >= 11 is 1.66. The van der Waals surface area contributed by atoms with Crippen LogP contribution in [0.5, 0.6) is 0 Å². The van der Waals surface area contributed by atoms with Crippen LogP contribution < -0.4 is 0 Å². The minimum Gasteiger partial charge on any atom is -0.333 e. The van der Waals surface area contributed by atoms with E-state index in [0.29, 0.717) is 17.5 Å². The van der Waals surface area contributed by atoms with Crippen LogP contribution in [0, 0.1) is 12.8 Å². The lowest BCUT2D eigenvalue weighted by atomic mass is 9.76. The molecule has 1 saturated carbocycles. The highest BCUT2D eigenvalue weighted by Crippen LogP contribution is 2.55. The molecule has 25 heavy (non-hydrogen) atoms. The number of carbonyl (C=O) groups excluding carboxylic acids is 1. The standard InChI is InChI=1S/C21H26N2OS/c1-3-23(19-15-6-10-22(11-7-15)21(19)8-9-21)20(24)18-13-16-12-14(2)4-5-17(16)25-18/h4-5,12-13,15,19H,3,6-11H2,1-2H3. The van der Waals surface area contributed by atoms with Gasteiger partial charge in [0.25, 0.3) is 5.91 Å². The number of rotatable bonds is 3. The van der Waals surface area contributed by atoms with Crippen LogP contribution >= 0.6 is 11.3 Å². The molecule has 0 N–H and O–H groups in total. The molecule has 132 valence electrons. The molecule has 1 aliphatic carbocycles. The number of fused-ring (bicyclic) bond motifs is 3. The summed E-state index contributed by atoms with van der Waals surface area (Å²) in [6, 6.07) is 9.02. The van der Waals surface area contributed by atoms with Gasteiger partial charge in [0.2, 0.25) is 0 Å². The predicted molar refractivity (Wildman–Crippen MR) is 103 cm³/mol. The molecule has 1 aromatic heterocycles. The molecule has 1 amide bonds. The first-order valence-electron chi connectivity index (χ1n) is 9.68. The quantitative estimate of drug-likeness (QED) is 0.820. The first-order valence-corrected chi connectivity index (χ1v) is 10.5. The molecule has 1 unspecified atom stereocenters. The fourth-order valence-corrected chi connectivity index (χ4v) is 6.45. The first-order chi connectivity index (χ1) is 12.1. The summed E-state index contributed by atoms with van der Waals surface area (Å²) < 4.78 is 1.22. The lowest BCUT2D eigenvalue weighted by molar-refractivity contribution is -0.0472. The molecule has 3 nitrogen and oxygen atoms in total. The molecule has 0 radical (unpaired) electrons. The largest absolute Gasteiger partial charge is 0.333 e. The Morgan fingerprint density at radius 2 is 2.04 bits per heavy atom. The molecule has 6 rings (SSSR count). The number of likely N-dealkylation sites (N-methyl/N-ethyl adjacent to an activating group) is 1. The third-order valence-electron chi connectivity index (χ3n) is 6.75. The summed E-state index contributed by atoms with van der Waals surface area (Å²) in [6.45, 7) is 7.58. The number of aryl methyl sites for hydroxylation is 1. The summed E-state index contributed by atoms with van der Waals surface area (Å²) in [5, 5.41) is 1.21. The highest BCUT2D eigenvalue weighted by atomic mass is 32.1. The zero-order valence-corrected chi connectivity index (χ0v) is 15.9. The van der Waals surface area contributed by atoms with E-state index in [1.54, 1.807) is 11.3 Å². The van der Waals surface area contributed by atoms with Crippen LogP contribution in [0.2, 0.25) is 0 Å². The maximum absolute atomic E-state index is 13.4. The Morgan fingerprint density at radius 3 is 2.72 bits per heavy atom. The topological polar surface area (TPSA) is 23.6 Å². The number of hydrogen-bond acceptors (Lipinski definition) is 3. The van der Waals surface area contributed by atoms with Gasteiger partial charge in [0, 0.05) is 16.8 Å². The summed E-state index contributed by atoms with van der Waals surface area (Å²) in [6.07, 6.45) is 5.09. The second-order valence-corrected chi connectivity index (χ2v) is 9.20. The number of thiophene rings is 1. The fraction of sp³-hybridized carbons (Fsp3) is 0.571. The number of benzene rings is 1. The molecule has 1 aromatic carbocycles. The number of nitrogens with zero attached hydrogens (tertiary/aromatic N) is 2. The van der Waals surface area contributed by atoms with E-state index >= 15 is 0 Å². The molecule has 4 heteroatoms. The lowest BCUT2D eigenvalue weighted by Crippen LogP contribution is -2.66. The van der Waals surface area contributed by atoms with Crippen LogP contribution in [-0.2, 0) is 0 Å². The zero-order chi connectivity index (χ0) is 17.2. The Balaban J connectivity index is 1.50. The summed E-state index contributed by atoms with van der Waals surface area (Å²) in [5.74, 6) is 0.958. The maximum Gasteiger partial charge on any atom is 0.264 e. The second kappa shape index (κ2) is 5.55. The fourth-order valence-electron chi connectivity index (χ4n) is 5.45. The van der Waals surface area contributed by atoms with Gasteiger partial charge in [0.15, 0.2) is 0 Å². The molecule has 4 heterocycles. The summed E-state index contributed by atoms with van der Waals surface area (Å²) in [7, 11) is 0. The smallest absolute Gasteiger partial charge is 0.264 e. The van der Waals surface area contributed by atoms with Gasteiger partial charge >= 0.3 is 0 Å². The Bertz CT molecular complexity index is 830. The van der Waals surface area contributed by atoms with E-state index in [2.05, 4.69) is 47.9 Å². The molecule has 1 spiro atoms. The maximum atomic E-state index is 13.4. The Hall–Kier alpha value is -1.39. The monoisotopic (exact) mass is 354 g/mol. The van der Waals surface area contributed by atoms with Gasteiger partial charge in [-0.05, 0) is 76.1 Å². The Kier molecular flexibility index (Phi) is 3.52. The minimum atomic E-state index is 0.256. The van der Waals surface area contributed by atoms with Crippen LogP contribution in [0.25, 0.3) is 10.1 Å². The van der Waals surface area contributed by atoms with Crippen LogP contribution in [0.3, 0.4) is 0 Å². The van der Waals surface area contributed by atoms with Crippen molar-refractivity contribution in [3.8, 4) is 0 Å². The Labute approximate surface area is 153 Å². The van der Waals surface area contributed by atoms with Gasteiger partial charge in [-0.25, -0.2) is 0 Å². The van der Waals surface area contributed by atoms with Crippen molar-refractivity contribution in [2.75, 3.05) is 19.6 Å². The van der Waals surface area contributed by atoms with Gasteiger partial charge in [0.05, 0.1) is 10.9 Å². The zero-order valence-electron chi connectivity index (χ0n) is 15.1. The van der Waals surface area contributed by atoms with Gasteiger partial charge < -0.3 is 4.90 Å². The van der Waals surface area contributed by atoms with Crippen LogP contribution in [-0.4, -0.2) is 46.9 Å². The lowest BCUT2D eigenvalue weighted by Gasteiger charge is -2.55. The normalized spacial score (nSPS) is 29.3. The molecule has 3 saturated heterocycles. The first kappa shape index (κ1) is 15.8. The van der Waals surface area contributed by atoms with Crippen molar-refractivity contribution in [3.05, 3.63) is 34.7 Å². The molecule has 4 fully saturated rings. The van der Waals surface area contributed by atoms with Crippen molar-refractivity contribution in [3.63, 3.8) is 0 Å². The average Bonchev–Trinajstić information content (AvgIpc) is 3.28. The molecule has 2 bridgehead atoms. The third kappa shape index (κ3) is 2.30. The second-order valence-electron chi connectivity index (χ2n) is 8.12. The number of carbonyl (C=O) groups is 1. The van der Waals surface area contributed by atoms with Crippen LogP contribution in [0.15, 0.2) is 24.3 Å². The van der Waals surface area contributed by atoms with E-state index < -0.39 is 0 Å². The van der Waals surface area contributed by atoms with Crippen molar-refractivity contribution in [1.82, 2.24) is 9.80 Å².